The molecule has 0 saturated heterocycles. The van der Waals surface area contributed by atoms with Crippen LogP contribution in [0.5, 0.6) is 0 Å². The first kappa shape index (κ1) is 29.0. The van der Waals surface area contributed by atoms with E-state index in [1.165, 1.54) is 21.0 Å². The van der Waals surface area contributed by atoms with E-state index in [2.05, 4.69) is 162 Å². The summed E-state index contributed by atoms with van der Waals surface area (Å²) in [5.74, 6) is 1.01. The van der Waals surface area contributed by atoms with Gasteiger partial charge in [-0.15, -0.1) is 11.3 Å². The van der Waals surface area contributed by atoms with Crippen LogP contribution in [0.2, 0.25) is 0 Å². The Bertz CT molecular complexity index is 3180. The monoisotopic (exact) mass is 681 g/mol. The molecule has 0 fully saturated rings. The molecule has 0 spiro atoms. The largest absolute Gasteiger partial charge is 0.309 e. The molecule has 52 heavy (non-hydrogen) atoms. The number of thiophene rings is 1. The molecular formula is C46H27N5S. The van der Waals surface area contributed by atoms with E-state index in [4.69, 9.17) is 19.9 Å². The Labute approximate surface area is 302 Å². The molecule has 4 heterocycles. The predicted octanol–water partition coefficient (Wildman–Crippen LogP) is 12.0. The van der Waals surface area contributed by atoms with Gasteiger partial charge in [-0.25, -0.2) is 19.9 Å². The molecule has 5 nitrogen and oxygen atoms in total. The van der Waals surface area contributed by atoms with E-state index >= 15 is 0 Å². The zero-order valence-corrected chi connectivity index (χ0v) is 28.5. The number of benzene rings is 7. The molecule has 6 heteroatoms. The van der Waals surface area contributed by atoms with Crippen LogP contribution in [0, 0.1) is 0 Å². The zero-order chi connectivity index (χ0) is 34.2. The van der Waals surface area contributed by atoms with Crippen molar-refractivity contribution in [1.29, 1.82) is 0 Å². The van der Waals surface area contributed by atoms with Crippen LogP contribution in [0.15, 0.2) is 164 Å². The Kier molecular flexibility index (Phi) is 6.35. The van der Waals surface area contributed by atoms with E-state index in [1.54, 1.807) is 11.3 Å². The SMILES string of the molecule is c1ccc(-c2nc(-c3nc(-c4ccc5c(c4)c4ccccc4n5-c4ccccc4)c4ccc5ccccc5c4n3)nc3sc4ccccc4c23)cc1. The average molecular weight is 682 g/mol. The minimum absolute atomic E-state index is 0.502. The van der Waals surface area contributed by atoms with Gasteiger partial charge in [0.05, 0.1) is 27.9 Å². The second kappa shape index (κ2) is 11.4. The summed E-state index contributed by atoms with van der Waals surface area (Å²) >= 11 is 1.68. The van der Waals surface area contributed by atoms with Crippen molar-refractivity contribution < 1.29 is 0 Å². The maximum Gasteiger partial charge on any atom is 0.199 e. The van der Waals surface area contributed by atoms with Crippen molar-refractivity contribution >= 4 is 75.1 Å². The molecule has 4 aromatic heterocycles. The third-order valence-corrected chi connectivity index (χ3v) is 11.1. The second-order valence-corrected chi connectivity index (χ2v) is 14.1. The van der Waals surface area contributed by atoms with Gasteiger partial charge in [0, 0.05) is 53.8 Å². The Morgan fingerprint density at radius 2 is 1.10 bits per heavy atom. The van der Waals surface area contributed by atoms with Crippen molar-refractivity contribution in [3.63, 3.8) is 0 Å². The first-order chi connectivity index (χ1) is 25.8. The third-order valence-electron chi connectivity index (χ3n) is 10.0. The van der Waals surface area contributed by atoms with Gasteiger partial charge in [-0.2, -0.15) is 0 Å². The van der Waals surface area contributed by atoms with E-state index in [0.717, 1.165) is 71.0 Å². The molecule has 0 atom stereocenters. The van der Waals surface area contributed by atoms with Crippen LogP contribution in [0.1, 0.15) is 0 Å². The van der Waals surface area contributed by atoms with Crippen LogP contribution in [0.4, 0.5) is 0 Å². The summed E-state index contributed by atoms with van der Waals surface area (Å²) in [5.41, 5.74) is 8.11. The van der Waals surface area contributed by atoms with Crippen molar-refractivity contribution in [2.75, 3.05) is 0 Å². The van der Waals surface area contributed by atoms with Crippen LogP contribution >= 0.6 is 11.3 Å². The predicted molar refractivity (Wildman–Crippen MR) is 216 cm³/mol. The fourth-order valence-corrected chi connectivity index (χ4v) is 8.76. The van der Waals surface area contributed by atoms with Crippen molar-refractivity contribution in [2.24, 2.45) is 0 Å². The lowest BCUT2D eigenvalue weighted by Crippen LogP contribution is -2.01. The molecule has 0 aliphatic rings. The Balaban J connectivity index is 1.21. The highest BCUT2D eigenvalue weighted by Gasteiger charge is 2.21. The number of aromatic nitrogens is 5. The number of nitrogens with zero attached hydrogens (tertiary/aromatic N) is 5. The van der Waals surface area contributed by atoms with E-state index in [-0.39, 0.29) is 0 Å². The Morgan fingerprint density at radius 3 is 1.96 bits per heavy atom. The highest BCUT2D eigenvalue weighted by atomic mass is 32.1. The number of hydrogen-bond donors (Lipinski definition) is 0. The first-order valence-electron chi connectivity index (χ1n) is 17.3. The standard InChI is InChI=1S/C46H27N5S/c1-3-14-29(15-4-1)42-40-34-20-10-12-22-39(34)52-46(40)50-45(48-42)44-47-41(35-25-23-28-13-7-8-18-32(28)43(35)49-44)30-24-26-38-36(27-30)33-19-9-11-21-37(33)51(38)31-16-5-2-6-17-31/h1-27H. The van der Waals surface area contributed by atoms with Gasteiger partial charge < -0.3 is 4.57 Å². The summed E-state index contributed by atoms with van der Waals surface area (Å²) < 4.78 is 3.51. The summed E-state index contributed by atoms with van der Waals surface area (Å²) in [7, 11) is 0. The minimum atomic E-state index is 0.502. The van der Waals surface area contributed by atoms with E-state index in [9.17, 15) is 0 Å². The lowest BCUT2D eigenvalue weighted by molar-refractivity contribution is 1.14. The van der Waals surface area contributed by atoms with Gasteiger partial charge in [-0.3, -0.25) is 0 Å². The smallest absolute Gasteiger partial charge is 0.199 e. The van der Waals surface area contributed by atoms with Gasteiger partial charge in [0.15, 0.2) is 11.6 Å². The molecule has 0 amide bonds. The Morgan fingerprint density at radius 1 is 0.423 bits per heavy atom. The van der Waals surface area contributed by atoms with E-state index in [0.29, 0.717) is 11.6 Å². The van der Waals surface area contributed by atoms with Crippen LogP contribution in [-0.4, -0.2) is 24.5 Å². The van der Waals surface area contributed by atoms with Gasteiger partial charge in [0.2, 0.25) is 0 Å². The molecule has 0 N–H and O–H groups in total. The topological polar surface area (TPSA) is 56.5 Å². The molecule has 0 aliphatic carbocycles. The molecule has 11 aromatic rings. The minimum Gasteiger partial charge on any atom is -0.309 e. The molecule has 242 valence electrons. The fraction of sp³-hybridized carbons (Fsp3) is 0. The van der Waals surface area contributed by atoms with Gasteiger partial charge in [-0.05, 0) is 47.9 Å². The summed E-state index contributed by atoms with van der Waals surface area (Å²) in [6, 6.07) is 57.4. The van der Waals surface area contributed by atoms with Gasteiger partial charge in [-0.1, -0.05) is 121 Å². The molecule has 7 aromatic carbocycles. The van der Waals surface area contributed by atoms with E-state index in [1.807, 2.05) is 6.07 Å². The Hall–Kier alpha value is -6.76. The van der Waals surface area contributed by atoms with Gasteiger partial charge in [0.1, 0.15) is 4.83 Å². The second-order valence-electron chi connectivity index (χ2n) is 13.0. The highest BCUT2D eigenvalue weighted by molar-refractivity contribution is 7.25. The van der Waals surface area contributed by atoms with Crippen molar-refractivity contribution in [3.8, 4) is 39.9 Å². The number of fused-ring (bicyclic) bond motifs is 9. The van der Waals surface area contributed by atoms with Gasteiger partial charge in [0.25, 0.3) is 0 Å². The molecule has 0 bridgehead atoms. The average Bonchev–Trinajstić information content (AvgIpc) is 3.76. The molecule has 11 rings (SSSR count). The quantitative estimate of drug-likeness (QED) is 0.174. The maximum absolute atomic E-state index is 5.36. The van der Waals surface area contributed by atoms with Crippen molar-refractivity contribution in [3.05, 3.63) is 164 Å². The number of rotatable bonds is 4. The van der Waals surface area contributed by atoms with Gasteiger partial charge >= 0.3 is 0 Å². The fourth-order valence-electron chi connectivity index (χ4n) is 7.69. The summed E-state index contributed by atoms with van der Waals surface area (Å²) in [4.78, 5) is 22.0. The molecule has 0 aliphatic heterocycles. The normalized spacial score (nSPS) is 11.8. The van der Waals surface area contributed by atoms with Crippen LogP contribution in [0.3, 0.4) is 0 Å². The van der Waals surface area contributed by atoms with E-state index < -0.39 is 0 Å². The number of para-hydroxylation sites is 2. The summed E-state index contributed by atoms with van der Waals surface area (Å²) in [6.45, 7) is 0. The lowest BCUT2D eigenvalue weighted by atomic mass is 10.0. The number of hydrogen-bond acceptors (Lipinski definition) is 5. The third kappa shape index (κ3) is 4.41. The van der Waals surface area contributed by atoms with Crippen LogP contribution < -0.4 is 0 Å². The molecule has 0 saturated carbocycles. The summed E-state index contributed by atoms with van der Waals surface area (Å²) in [5, 5.41) is 7.75. The highest BCUT2D eigenvalue weighted by Crippen LogP contribution is 2.41. The summed E-state index contributed by atoms with van der Waals surface area (Å²) in [6.07, 6.45) is 0. The first-order valence-corrected chi connectivity index (χ1v) is 18.1. The van der Waals surface area contributed by atoms with Crippen LogP contribution in [0.25, 0.3) is 104 Å². The maximum atomic E-state index is 5.36. The molecular weight excluding hydrogens is 655 g/mol. The van der Waals surface area contributed by atoms with Crippen molar-refractivity contribution in [1.82, 2.24) is 24.5 Å². The molecule has 0 unspecified atom stereocenters. The van der Waals surface area contributed by atoms with Crippen LogP contribution in [-0.2, 0) is 0 Å². The van der Waals surface area contributed by atoms with Crippen molar-refractivity contribution in [2.45, 2.75) is 0 Å². The molecule has 0 radical (unpaired) electrons. The lowest BCUT2D eigenvalue weighted by Gasteiger charge is -2.12. The zero-order valence-electron chi connectivity index (χ0n) is 27.7.